The first-order valence-corrected chi connectivity index (χ1v) is 5.93. The lowest BCUT2D eigenvalue weighted by molar-refractivity contribution is -0.123. The zero-order valence-corrected chi connectivity index (χ0v) is 10.8. The molecule has 0 saturated carbocycles. The van der Waals surface area contributed by atoms with Crippen LogP contribution in [0.15, 0.2) is 0 Å². The summed E-state index contributed by atoms with van der Waals surface area (Å²) >= 11 is 0. The highest BCUT2D eigenvalue weighted by Gasteiger charge is 2.19. The van der Waals surface area contributed by atoms with Crippen LogP contribution in [0.5, 0.6) is 0 Å². The van der Waals surface area contributed by atoms with Gasteiger partial charge in [0.15, 0.2) is 0 Å². The molecule has 1 amide bonds. The molecule has 0 radical (unpaired) electrons. The number of hydrogen-bond acceptors (Lipinski definition) is 3. The van der Waals surface area contributed by atoms with Crippen molar-refractivity contribution in [3.05, 3.63) is 0 Å². The molecule has 0 spiro atoms. The summed E-state index contributed by atoms with van der Waals surface area (Å²) in [6.07, 6.45) is 4.21. The van der Waals surface area contributed by atoms with Crippen LogP contribution < -0.4 is 10.6 Å². The standard InChI is InChI=1S/C11H22N2O2.ClH/c1-2-15-9-5-8-13-11(14)10-6-3-4-7-12-10;/h10,12H,2-9H2,1H3,(H,13,14);1H. The van der Waals surface area contributed by atoms with E-state index in [1.54, 1.807) is 0 Å². The monoisotopic (exact) mass is 250 g/mol. The highest BCUT2D eigenvalue weighted by Crippen LogP contribution is 2.06. The molecule has 1 saturated heterocycles. The van der Waals surface area contributed by atoms with Gasteiger partial charge in [-0.25, -0.2) is 0 Å². The van der Waals surface area contributed by atoms with E-state index in [0.717, 1.165) is 45.6 Å². The van der Waals surface area contributed by atoms with Gasteiger partial charge in [-0.1, -0.05) is 6.42 Å². The van der Waals surface area contributed by atoms with Crippen LogP contribution in [0.1, 0.15) is 32.6 Å². The molecule has 5 heteroatoms. The fourth-order valence-corrected chi connectivity index (χ4v) is 1.73. The van der Waals surface area contributed by atoms with Crippen LogP contribution in [0.2, 0.25) is 0 Å². The third-order valence-corrected chi connectivity index (χ3v) is 2.60. The average molecular weight is 251 g/mol. The Balaban J connectivity index is 0.00000225. The van der Waals surface area contributed by atoms with E-state index in [9.17, 15) is 4.79 Å². The van der Waals surface area contributed by atoms with Gasteiger partial charge in [-0.3, -0.25) is 4.79 Å². The first kappa shape index (κ1) is 15.7. The van der Waals surface area contributed by atoms with Crippen LogP contribution in [0.3, 0.4) is 0 Å². The second-order valence-electron chi connectivity index (χ2n) is 3.84. The van der Waals surface area contributed by atoms with E-state index in [4.69, 9.17) is 4.74 Å². The molecule has 1 fully saturated rings. The molecule has 16 heavy (non-hydrogen) atoms. The van der Waals surface area contributed by atoms with E-state index in [0.29, 0.717) is 0 Å². The minimum atomic E-state index is 0. The van der Waals surface area contributed by atoms with Gasteiger partial charge < -0.3 is 15.4 Å². The molecule has 2 N–H and O–H groups in total. The van der Waals surface area contributed by atoms with Crippen molar-refractivity contribution in [1.82, 2.24) is 10.6 Å². The second kappa shape index (κ2) is 9.87. The third-order valence-electron chi connectivity index (χ3n) is 2.60. The number of hydrogen-bond donors (Lipinski definition) is 2. The molecule has 1 unspecified atom stereocenters. The van der Waals surface area contributed by atoms with Gasteiger partial charge in [0.05, 0.1) is 6.04 Å². The van der Waals surface area contributed by atoms with Crippen molar-refractivity contribution in [2.75, 3.05) is 26.3 Å². The third kappa shape index (κ3) is 6.30. The fourth-order valence-electron chi connectivity index (χ4n) is 1.73. The number of halogens is 1. The Labute approximate surface area is 104 Å². The molecule has 1 aliphatic heterocycles. The Morgan fingerprint density at radius 2 is 2.31 bits per heavy atom. The van der Waals surface area contributed by atoms with Crippen molar-refractivity contribution < 1.29 is 9.53 Å². The zero-order chi connectivity index (χ0) is 10.9. The average Bonchev–Trinajstić information content (AvgIpc) is 2.30. The molecule has 1 aliphatic rings. The SMILES string of the molecule is CCOCCCNC(=O)C1CCCCN1.Cl. The lowest BCUT2D eigenvalue weighted by atomic mass is 10.0. The summed E-state index contributed by atoms with van der Waals surface area (Å²) in [5.41, 5.74) is 0. The van der Waals surface area contributed by atoms with E-state index in [2.05, 4.69) is 10.6 Å². The van der Waals surface area contributed by atoms with Gasteiger partial charge in [0.1, 0.15) is 0 Å². The van der Waals surface area contributed by atoms with Crippen molar-refractivity contribution in [3.63, 3.8) is 0 Å². The normalized spacial score (nSPS) is 19.9. The van der Waals surface area contributed by atoms with Gasteiger partial charge in [0.2, 0.25) is 5.91 Å². The van der Waals surface area contributed by atoms with Gasteiger partial charge in [-0.2, -0.15) is 0 Å². The van der Waals surface area contributed by atoms with Gasteiger partial charge in [0.25, 0.3) is 0 Å². The fraction of sp³-hybridized carbons (Fsp3) is 0.909. The first-order chi connectivity index (χ1) is 7.34. The molecule has 96 valence electrons. The maximum absolute atomic E-state index is 11.6. The molecule has 0 aromatic rings. The Bertz CT molecular complexity index is 185. The maximum atomic E-state index is 11.6. The Kier molecular flexibility index (Phi) is 9.68. The molecule has 0 aromatic carbocycles. The molecular formula is C11H23ClN2O2. The quantitative estimate of drug-likeness (QED) is 0.694. The molecule has 0 aliphatic carbocycles. The lowest BCUT2D eigenvalue weighted by Crippen LogP contribution is -2.46. The highest BCUT2D eigenvalue weighted by molar-refractivity contribution is 5.85. The van der Waals surface area contributed by atoms with Crippen molar-refractivity contribution in [2.45, 2.75) is 38.6 Å². The molecule has 1 heterocycles. The lowest BCUT2D eigenvalue weighted by Gasteiger charge is -2.22. The predicted octanol–water partition coefficient (Wildman–Crippen LogP) is 1.09. The number of ether oxygens (including phenoxy) is 1. The smallest absolute Gasteiger partial charge is 0.237 e. The van der Waals surface area contributed by atoms with Crippen molar-refractivity contribution in [2.24, 2.45) is 0 Å². The van der Waals surface area contributed by atoms with Crippen LogP contribution in [-0.2, 0) is 9.53 Å². The van der Waals surface area contributed by atoms with Crippen LogP contribution >= 0.6 is 12.4 Å². The number of rotatable bonds is 6. The van der Waals surface area contributed by atoms with Crippen LogP contribution in [0.25, 0.3) is 0 Å². The largest absolute Gasteiger partial charge is 0.382 e. The summed E-state index contributed by atoms with van der Waals surface area (Å²) in [7, 11) is 0. The highest BCUT2D eigenvalue weighted by atomic mass is 35.5. The van der Waals surface area contributed by atoms with E-state index in [1.165, 1.54) is 6.42 Å². The molecule has 0 aromatic heterocycles. The summed E-state index contributed by atoms with van der Waals surface area (Å²) in [6.45, 7) is 5.14. The maximum Gasteiger partial charge on any atom is 0.237 e. The zero-order valence-electron chi connectivity index (χ0n) is 9.96. The summed E-state index contributed by atoms with van der Waals surface area (Å²) in [5.74, 6) is 0.145. The Morgan fingerprint density at radius 3 is 2.94 bits per heavy atom. The first-order valence-electron chi connectivity index (χ1n) is 5.93. The molecule has 1 atom stereocenters. The molecule has 4 nitrogen and oxygen atoms in total. The van der Waals surface area contributed by atoms with Crippen molar-refractivity contribution in [3.8, 4) is 0 Å². The predicted molar refractivity (Wildman–Crippen MR) is 67.0 cm³/mol. The van der Waals surface area contributed by atoms with Gasteiger partial charge in [-0.15, -0.1) is 12.4 Å². The van der Waals surface area contributed by atoms with Crippen LogP contribution in [-0.4, -0.2) is 38.3 Å². The van der Waals surface area contributed by atoms with Crippen molar-refractivity contribution in [1.29, 1.82) is 0 Å². The number of carbonyl (C=O) groups excluding carboxylic acids is 1. The second-order valence-corrected chi connectivity index (χ2v) is 3.84. The molecule has 1 rings (SSSR count). The van der Waals surface area contributed by atoms with E-state index in [1.807, 2.05) is 6.92 Å². The van der Waals surface area contributed by atoms with E-state index < -0.39 is 0 Å². The number of amides is 1. The number of piperidine rings is 1. The summed E-state index contributed by atoms with van der Waals surface area (Å²) in [4.78, 5) is 11.6. The topological polar surface area (TPSA) is 50.4 Å². The summed E-state index contributed by atoms with van der Waals surface area (Å²) in [5, 5.41) is 6.16. The molecular weight excluding hydrogens is 228 g/mol. The van der Waals surface area contributed by atoms with Crippen molar-refractivity contribution >= 4 is 18.3 Å². The van der Waals surface area contributed by atoms with Gasteiger partial charge in [0, 0.05) is 19.8 Å². The summed E-state index contributed by atoms with van der Waals surface area (Å²) < 4.78 is 5.19. The van der Waals surface area contributed by atoms with E-state index in [-0.39, 0.29) is 24.4 Å². The number of nitrogens with one attached hydrogen (secondary N) is 2. The minimum absolute atomic E-state index is 0. The molecule has 0 bridgehead atoms. The number of carbonyl (C=O) groups is 1. The summed E-state index contributed by atoms with van der Waals surface area (Å²) in [6, 6.07) is 0.0332. The Hall–Kier alpha value is -0.320. The van der Waals surface area contributed by atoms with Crippen LogP contribution in [0, 0.1) is 0 Å². The minimum Gasteiger partial charge on any atom is -0.382 e. The van der Waals surface area contributed by atoms with Crippen LogP contribution in [0.4, 0.5) is 0 Å². The van der Waals surface area contributed by atoms with Gasteiger partial charge in [-0.05, 0) is 32.7 Å². The van der Waals surface area contributed by atoms with Gasteiger partial charge >= 0.3 is 0 Å². The van der Waals surface area contributed by atoms with E-state index >= 15 is 0 Å². The Morgan fingerprint density at radius 1 is 1.50 bits per heavy atom.